The highest BCUT2D eigenvalue weighted by molar-refractivity contribution is 8.00. The summed E-state index contributed by atoms with van der Waals surface area (Å²) in [6, 6.07) is 11.3. The van der Waals surface area contributed by atoms with Crippen LogP contribution in [0, 0.1) is 0 Å². The van der Waals surface area contributed by atoms with Crippen molar-refractivity contribution in [1.82, 2.24) is 10.3 Å². The molecule has 1 atom stereocenters. The van der Waals surface area contributed by atoms with E-state index in [0.29, 0.717) is 17.9 Å². The monoisotopic (exact) mass is 355 g/mol. The van der Waals surface area contributed by atoms with Crippen molar-refractivity contribution in [3.05, 3.63) is 53.7 Å². The Morgan fingerprint density at radius 1 is 1.32 bits per heavy atom. The van der Waals surface area contributed by atoms with E-state index in [1.807, 2.05) is 38.1 Å². The minimum absolute atomic E-state index is 0.0686. The molecular weight excluding hydrogens is 334 g/mol. The Labute approximate surface area is 151 Å². The molecule has 0 saturated heterocycles. The third kappa shape index (κ3) is 4.02. The molecule has 0 aliphatic carbocycles. The van der Waals surface area contributed by atoms with Crippen LogP contribution in [0.2, 0.25) is 0 Å². The number of anilines is 1. The summed E-state index contributed by atoms with van der Waals surface area (Å²) in [5, 5.41) is 3.83. The van der Waals surface area contributed by atoms with Gasteiger partial charge in [0.1, 0.15) is 5.03 Å². The third-order valence-electron chi connectivity index (χ3n) is 4.22. The SMILES string of the molecule is CC[C@@H](C)NC(=O)c1ccc(CN2C(=O)CSc3ncccc32)cc1. The second kappa shape index (κ2) is 7.70. The van der Waals surface area contributed by atoms with E-state index >= 15 is 0 Å². The molecule has 0 radical (unpaired) electrons. The molecule has 25 heavy (non-hydrogen) atoms. The van der Waals surface area contributed by atoms with Gasteiger partial charge in [0.05, 0.1) is 18.0 Å². The predicted octanol–water partition coefficient (Wildman–Crippen LogP) is 3.25. The first-order chi connectivity index (χ1) is 12.1. The maximum Gasteiger partial charge on any atom is 0.251 e. The zero-order valence-corrected chi connectivity index (χ0v) is 15.2. The highest BCUT2D eigenvalue weighted by Gasteiger charge is 2.25. The predicted molar refractivity (Wildman–Crippen MR) is 99.8 cm³/mol. The molecule has 6 heteroatoms. The van der Waals surface area contributed by atoms with Gasteiger partial charge in [-0.2, -0.15) is 0 Å². The number of hydrogen-bond donors (Lipinski definition) is 1. The molecule has 1 N–H and O–H groups in total. The van der Waals surface area contributed by atoms with Crippen molar-refractivity contribution in [3.8, 4) is 0 Å². The molecule has 130 valence electrons. The van der Waals surface area contributed by atoms with Crippen molar-refractivity contribution in [3.63, 3.8) is 0 Å². The number of carbonyl (C=O) groups is 2. The van der Waals surface area contributed by atoms with Crippen molar-refractivity contribution < 1.29 is 9.59 Å². The van der Waals surface area contributed by atoms with Crippen molar-refractivity contribution in [1.29, 1.82) is 0 Å². The maximum absolute atomic E-state index is 12.3. The van der Waals surface area contributed by atoms with Gasteiger partial charge in [-0.3, -0.25) is 9.59 Å². The van der Waals surface area contributed by atoms with Gasteiger partial charge in [0.25, 0.3) is 5.91 Å². The summed E-state index contributed by atoms with van der Waals surface area (Å²) < 4.78 is 0. The Morgan fingerprint density at radius 3 is 2.80 bits per heavy atom. The quantitative estimate of drug-likeness (QED) is 0.894. The van der Waals surface area contributed by atoms with Gasteiger partial charge < -0.3 is 10.2 Å². The number of hydrogen-bond acceptors (Lipinski definition) is 4. The van der Waals surface area contributed by atoms with E-state index < -0.39 is 0 Å². The Balaban J connectivity index is 1.74. The van der Waals surface area contributed by atoms with E-state index in [4.69, 9.17) is 0 Å². The molecule has 1 aromatic carbocycles. The van der Waals surface area contributed by atoms with Gasteiger partial charge in [-0.15, -0.1) is 0 Å². The van der Waals surface area contributed by atoms with E-state index in [9.17, 15) is 9.59 Å². The average molecular weight is 355 g/mol. The van der Waals surface area contributed by atoms with Crippen LogP contribution in [0.15, 0.2) is 47.6 Å². The van der Waals surface area contributed by atoms with Gasteiger partial charge in [-0.1, -0.05) is 30.8 Å². The summed E-state index contributed by atoms with van der Waals surface area (Å²) in [6.07, 6.45) is 2.64. The molecule has 1 aromatic heterocycles. The Hall–Kier alpha value is -2.34. The number of nitrogens with zero attached hydrogens (tertiary/aromatic N) is 2. The number of rotatable bonds is 5. The maximum atomic E-state index is 12.3. The average Bonchev–Trinajstić information content (AvgIpc) is 2.64. The van der Waals surface area contributed by atoms with E-state index in [2.05, 4.69) is 10.3 Å². The molecule has 0 bridgehead atoms. The molecule has 0 fully saturated rings. The fraction of sp³-hybridized carbons (Fsp3) is 0.316. The summed E-state index contributed by atoms with van der Waals surface area (Å²) in [4.78, 5) is 30.5. The molecule has 0 spiro atoms. The summed E-state index contributed by atoms with van der Waals surface area (Å²) in [6.45, 7) is 4.50. The summed E-state index contributed by atoms with van der Waals surface area (Å²) in [5.74, 6) is 0.407. The highest BCUT2D eigenvalue weighted by atomic mass is 32.2. The molecule has 2 heterocycles. The summed E-state index contributed by atoms with van der Waals surface area (Å²) >= 11 is 1.47. The second-order valence-corrected chi connectivity index (χ2v) is 7.04. The van der Waals surface area contributed by atoms with Crippen LogP contribution in [0.5, 0.6) is 0 Å². The van der Waals surface area contributed by atoms with Crippen LogP contribution in [0.3, 0.4) is 0 Å². The lowest BCUT2D eigenvalue weighted by atomic mass is 10.1. The molecule has 1 aliphatic heterocycles. The largest absolute Gasteiger partial charge is 0.350 e. The number of carbonyl (C=O) groups excluding carboxylic acids is 2. The first-order valence-electron chi connectivity index (χ1n) is 8.36. The van der Waals surface area contributed by atoms with E-state index in [-0.39, 0.29) is 17.9 Å². The van der Waals surface area contributed by atoms with Gasteiger partial charge in [0, 0.05) is 17.8 Å². The minimum atomic E-state index is -0.0686. The minimum Gasteiger partial charge on any atom is -0.350 e. The van der Waals surface area contributed by atoms with Crippen LogP contribution in [0.25, 0.3) is 0 Å². The number of pyridine rings is 1. The fourth-order valence-electron chi connectivity index (χ4n) is 2.57. The smallest absolute Gasteiger partial charge is 0.251 e. The van der Waals surface area contributed by atoms with Crippen LogP contribution in [-0.2, 0) is 11.3 Å². The number of benzene rings is 1. The summed E-state index contributed by atoms with van der Waals surface area (Å²) in [7, 11) is 0. The Kier molecular flexibility index (Phi) is 5.38. The van der Waals surface area contributed by atoms with E-state index in [1.165, 1.54) is 11.8 Å². The number of aromatic nitrogens is 1. The number of nitrogens with one attached hydrogen (secondary N) is 1. The van der Waals surface area contributed by atoms with Crippen LogP contribution in [0.4, 0.5) is 5.69 Å². The van der Waals surface area contributed by atoms with Crippen LogP contribution in [-0.4, -0.2) is 28.6 Å². The normalized spacial score (nSPS) is 14.8. The van der Waals surface area contributed by atoms with Crippen molar-refractivity contribution >= 4 is 29.3 Å². The van der Waals surface area contributed by atoms with Crippen LogP contribution in [0.1, 0.15) is 36.2 Å². The van der Waals surface area contributed by atoms with Crippen molar-refractivity contribution in [2.24, 2.45) is 0 Å². The Bertz CT molecular complexity index is 776. The molecule has 2 aromatic rings. The topological polar surface area (TPSA) is 62.3 Å². The van der Waals surface area contributed by atoms with Gasteiger partial charge in [0.2, 0.25) is 5.91 Å². The van der Waals surface area contributed by atoms with Crippen LogP contribution < -0.4 is 10.2 Å². The number of amides is 2. The molecule has 0 saturated carbocycles. The number of fused-ring (bicyclic) bond motifs is 1. The van der Waals surface area contributed by atoms with E-state index in [1.54, 1.807) is 23.2 Å². The van der Waals surface area contributed by atoms with Crippen molar-refractivity contribution in [2.45, 2.75) is 37.9 Å². The zero-order chi connectivity index (χ0) is 17.8. The first-order valence-corrected chi connectivity index (χ1v) is 9.35. The van der Waals surface area contributed by atoms with E-state index in [0.717, 1.165) is 22.7 Å². The lowest BCUT2D eigenvalue weighted by Crippen LogP contribution is -2.35. The lowest BCUT2D eigenvalue weighted by Gasteiger charge is -2.28. The second-order valence-electron chi connectivity index (χ2n) is 6.08. The molecular formula is C19H21N3O2S. The van der Waals surface area contributed by atoms with Crippen molar-refractivity contribution in [2.75, 3.05) is 10.7 Å². The fourth-order valence-corrected chi connectivity index (χ4v) is 3.45. The van der Waals surface area contributed by atoms with Gasteiger partial charge in [0.15, 0.2) is 0 Å². The van der Waals surface area contributed by atoms with Gasteiger partial charge >= 0.3 is 0 Å². The first kappa shape index (κ1) is 17.5. The molecule has 2 amide bonds. The summed E-state index contributed by atoms with van der Waals surface area (Å²) in [5.41, 5.74) is 2.46. The molecule has 1 aliphatic rings. The highest BCUT2D eigenvalue weighted by Crippen LogP contribution is 2.33. The van der Waals surface area contributed by atoms with Gasteiger partial charge in [-0.05, 0) is 43.2 Å². The van der Waals surface area contributed by atoms with Crippen LogP contribution >= 0.6 is 11.8 Å². The standard InChI is InChI=1S/C19H21N3O2S/c1-3-13(2)21-18(24)15-8-6-14(7-9-15)11-22-16-5-4-10-20-19(16)25-12-17(22)23/h4-10,13H,3,11-12H2,1-2H3,(H,21,24)/t13-/m1/s1. The molecule has 5 nitrogen and oxygen atoms in total. The van der Waals surface area contributed by atoms with Gasteiger partial charge in [-0.25, -0.2) is 4.98 Å². The zero-order valence-electron chi connectivity index (χ0n) is 14.4. The lowest BCUT2D eigenvalue weighted by molar-refractivity contribution is -0.116. The number of thioether (sulfide) groups is 1. The Morgan fingerprint density at radius 2 is 2.08 bits per heavy atom. The third-order valence-corrected chi connectivity index (χ3v) is 5.20. The molecule has 0 unspecified atom stereocenters. The molecule has 3 rings (SSSR count).